The molecule has 1 aromatic carbocycles. The first kappa shape index (κ1) is 16.5. The van der Waals surface area contributed by atoms with Gasteiger partial charge in [0.25, 0.3) is 0 Å². The molecule has 2 heterocycles. The zero-order valence-electron chi connectivity index (χ0n) is 13.9. The monoisotopic (exact) mass is 323 g/mol. The van der Waals surface area contributed by atoms with E-state index in [1.54, 1.807) is 0 Å². The Bertz CT molecular complexity index is 632. The van der Waals surface area contributed by atoms with Crippen LogP contribution in [-0.4, -0.2) is 36.3 Å². The summed E-state index contributed by atoms with van der Waals surface area (Å²) in [6, 6.07) is 14.4. The van der Waals surface area contributed by atoms with Crippen LogP contribution in [-0.2, 0) is 0 Å². The third-order valence-corrected chi connectivity index (χ3v) is 4.50. The minimum absolute atomic E-state index is 0.311. The Kier molecular flexibility index (Phi) is 5.85. The fraction of sp³-hybridized carbons (Fsp3) is 0.350. The number of benzene rings is 1. The molecule has 0 saturated carbocycles. The molecular weight excluding hydrogens is 298 g/mol. The molecule has 4 nitrogen and oxygen atoms in total. The molecule has 1 fully saturated rings. The van der Waals surface area contributed by atoms with Crippen LogP contribution < -0.4 is 10.2 Å². The summed E-state index contributed by atoms with van der Waals surface area (Å²) in [6.45, 7) is 3.06. The van der Waals surface area contributed by atoms with Crippen LogP contribution in [0.3, 0.4) is 0 Å². The summed E-state index contributed by atoms with van der Waals surface area (Å²) in [7, 11) is 0. The predicted octanol–water partition coefficient (Wildman–Crippen LogP) is 3.42. The minimum Gasteiger partial charge on any atom is -0.396 e. The van der Waals surface area contributed by atoms with Crippen LogP contribution >= 0.6 is 0 Å². The largest absolute Gasteiger partial charge is 0.396 e. The molecule has 0 bridgehead atoms. The number of nitrogens with one attached hydrogen (secondary N) is 1. The second-order valence-electron chi connectivity index (χ2n) is 6.21. The van der Waals surface area contributed by atoms with Gasteiger partial charge in [-0.1, -0.05) is 42.5 Å². The lowest BCUT2D eigenvalue weighted by Crippen LogP contribution is -2.34. The Morgan fingerprint density at radius 1 is 1.12 bits per heavy atom. The van der Waals surface area contributed by atoms with E-state index in [2.05, 4.69) is 45.6 Å². The van der Waals surface area contributed by atoms with Crippen LogP contribution in [0.2, 0.25) is 0 Å². The lowest BCUT2D eigenvalue weighted by molar-refractivity contribution is 0.203. The van der Waals surface area contributed by atoms with Gasteiger partial charge in [0.05, 0.1) is 11.9 Å². The number of nitrogens with zero attached hydrogens (tertiary/aromatic N) is 2. The third kappa shape index (κ3) is 4.59. The zero-order valence-corrected chi connectivity index (χ0v) is 13.9. The number of anilines is 2. The number of rotatable bonds is 6. The number of aromatic nitrogens is 1. The van der Waals surface area contributed by atoms with Crippen molar-refractivity contribution in [2.45, 2.75) is 12.8 Å². The van der Waals surface area contributed by atoms with Crippen LogP contribution in [0.15, 0.2) is 54.7 Å². The van der Waals surface area contributed by atoms with Gasteiger partial charge in [-0.2, -0.15) is 0 Å². The van der Waals surface area contributed by atoms with Gasteiger partial charge in [-0.3, -0.25) is 0 Å². The van der Waals surface area contributed by atoms with E-state index in [9.17, 15) is 5.11 Å². The Labute approximate surface area is 143 Å². The van der Waals surface area contributed by atoms with Crippen LogP contribution in [0.4, 0.5) is 11.5 Å². The first-order valence-corrected chi connectivity index (χ1v) is 8.62. The van der Waals surface area contributed by atoms with Gasteiger partial charge >= 0.3 is 0 Å². The molecule has 2 N–H and O–H groups in total. The normalized spacial score (nSPS) is 15.8. The van der Waals surface area contributed by atoms with Crippen molar-refractivity contribution in [1.29, 1.82) is 0 Å². The Balaban J connectivity index is 1.47. The van der Waals surface area contributed by atoms with Gasteiger partial charge in [-0.25, -0.2) is 4.98 Å². The maximum atomic E-state index is 9.22. The Morgan fingerprint density at radius 3 is 2.58 bits per heavy atom. The van der Waals surface area contributed by atoms with Crippen LogP contribution in [0.5, 0.6) is 0 Å². The Morgan fingerprint density at radius 2 is 1.92 bits per heavy atom. The van der Waals surface area contributed by atoms with Gasteiger partial charge in [0, 0.05) is 26.2 Å². The van der Waals surface area contributed by atoms with Crippen molar-refractivity contribution < 1.29 is 5.11 Å². The van der Waals surface area contributed by atoms with E-state index in [0.29, 0.717) is 12.5 Å². The average Bonchev–Trinajstić information content (AvgIpc) is 2.67. The topological polar surface area (TPSA) is 48.4 Å². The fourth-order valence-electron chi connectivity index (χ4n) is 2.97. The number of hydrogen-bond donors (Lipinski definition) is 2. The van der Waals surface area contributed by atoms with E-state index < -0.39 is 0 Å². The van der Waals surface area contributed by atoms with Crippen molar-refractivity contribution in [3.63, 3.8) is 0 Å². The molecule has 0 atom stereocenters. The molecule has 1 aliphatic rings. The van der Waals surface area contributed by atoms with Crippen molar-refractivity contribution in [2.75, 3.05) is 36.5 Å². The molecule has 0 amide bonds. The van der Waals surface area contributed by atoms with Gasteiger partial charge in [-0.05, 0) is 36.5 Å². The number of pyridine rings is 1. The van der Waals surface area contributed by atoms with Crippen molar-refractivity contribution in [1.82, 2.24) is 4.98 Å². The first-order chi connectivity index (χ1) is 11.8. The first-order valence-electron chi connectivity index (χ1n) is 8.62. The quantitative estimate of drug-likeness (QED) is 0.855. The molecule has 4 heteroatoms. The highest BCUT2D eigenvalue weighted by molar-refractivity contribution is 5.52. The molecule has 126 valence electrons. The summed E-state index contributed by atoms with van der Waals surface area (Å²) >= 11 is 0. The highest BCUT2D eigenvalue weighted by Gasteiger charge is 2.18. The molecule has 1 saturated heterocycles. The van der Waals surface area contributed by atoms with Crippen molar-refractivity contribution in [2.24, 2.45) is 5.92 Å². The second kappa shape index (κ2) is 8.50. The molecule has 1 aromatic heterocycles. The molecule has 0 radical (unpaired) electrons. The summed E-state index contributed by atoms with van der Waals surface area (Å²) < 4.78 is 0. The fourth-order valence-corrected chi connectivity index (χ4v) is 2.97. The van der Waals surface area contributed by atoms with E-state index in [0.717, 1.165) is 44.0 Å². The summed E-state index contributed by atoms with van der Waals surface area (Å²) in [5, 5.41) is 12.5. The standard InChI is InChI=1S/C20H25N3O/c24-16-18-10-13-23(14-11-18)19-8-9-20(22-15-19)21-12-4-7-17-5-2-1-3-6-17/h1-9,15,18,24H,10-14,16H2,(H,21,22)/b7-4+. The Hall–Kier alpha value is -2.33. The minimum atomic E-state index is 0.311. The molecule has 0 unspecified atom stereocenters. The van der Waals surface area contributed by atoms with Gasteiger partial charge in [-0.15, -0.1) is 0 Å². The van der Waals surface area contributed by atoms with Crippen molar-refractivity contribution >= 4 is 17.6 Å². The molecule has 3 rings (SSSR count). The molecule has 24 heavy (non-hydrogen) atoms. The van der Waals surface area contributed by atoms with Crippen LogP contribution in [0.25, 0.3) is 6.08 Å². The van der Waals surface area contributed by atoms with E-state index in [-0.39, 0.29) is 0 Å². The van der Waals surface area contributed by atoms with E-state index in [1.807, 2.05) is 30.5 Å². The molecular formula is C20H25N3O. The highest BCUT2D eigenvalue weighted by Crippen LogP contribution is 2.23. The molecule has 0 spiro atoms. The average molecular weight is 323 g/mol. The van der Waals surface area contributed by atoms with Crippen LogP contribution in [0.1, 0.15) is 18.4 Å². The maximum Gasteiger partial charge on any atom is 0.126 e. The lowest BCUT2D eigenvalue weighted by atomic mass is 9.98. The molecule has 0 aliphatic carbocycles. The zero-order chi connectivity index (χ0) is 16.6. The number of aliphatic hydroxyl groups excluding tert-OH is 1. The number of aliphatic hydroxyl groups is 1. The number of hydrogen-bond acceptors (Lipinski definition) is 4. The van der Waals surface area contributed by atoms with Crippen molar-refractivity contribution in [3.05, 3.63) is 60.3 Å². The van der Waals surface area contributed by atoms with E-state index >= 15 is 0 Å². The highest BCUT2D eigenvalue weighted by atomic mass is 16.3. The van der Waals surface area contributed by atoms with E-state index in [1.165, 1.54) is 5.56 Å². The number of piperidine rings is 1. The van der Waals surface area contributed by atoms with Gasteiger partial charge in [0.2, 0.25) is 0 Å². The summed E-state index contributed by atoms with van der Waals surface area (Å²) in [6.07, 6.45) is 8.25. The SMILES string of the molecule is OCC1CCN(c2ccc(NC/C=C/c3ccccc3)nc2)CC1. The smallest absolute Gasteiger partial charge is 0.126 e. The summed E-state index contributed by atoms with van der Waals surface area (Å²) in [4.78, 5) is 6.85. The molecule has 2 aromatic rings. The third-order valence-electron chi connectivity index (χ3n) is 4.50. The van der Waals surface area contributed by atoms with Gasteiger partial charge < -0.3 is 15.3 Å². The predicted molar refractivity (Wildman–Crippen MR) is 100 cm³/mol. The summed E-state index contributed by atoms with van der Waals surface area (Å²) in [5.41, 5.74) is 2.37. The second-order valence-corrected chi connectivity index (χ2v) is 6.21. The van der Waals surface area contributed by atoms with Gasteiger partial charge in [0.1, 0.15) is 5.82 Å². The van der Waals surface area contributed by atoms with E-state index in [4.69, 9.17) is 0 Å². The van der Waals surface area contributed by atoms with Gasteiger partial charge in [0.15, 0.2) is 0 Å². The maximum absolute atomic E-state index is 9.22. The lowest BCUT2D eigenvalue weighted by Gasteiger charge is -2.32. The van der Waals surface area contributed by atoms with Crippen LogP contribution in [0, 0.1) is 5.92 Å². The summed E-state index contributed by atoms with van der Waals surface area (Å²) in [5.74, 6) is 1.35. The molecule has 1 aliphatic heterocycles. The van der Waals surface area contributed by atoms with Crippen molar-refractivity contribution in [3.8, 4) is 0 Å².